The number of urea groups is 1. The summed E-state index contributed by atoms with van der Waals surface area (Å²) in [7, 11) is 0. The maximum Gasteiger partial charge on any atom is 0.335 e. The van der Waals surface area contributed by atoms with Crippen LogP contribution in [0.2, 0.25) is 0 Å². The van der Waals surface area contributed by atoms with Crippen molar-refractivity contribution in [2.24, 2.45) is 0 Å². The van der Waals surface area contributed by atoms with E-state index in [4.69, 9.17) is 5.11 Å². The Morgan fingerprint density at radius 1 is 1.10 bits per heavy atom. The van der Waals surface area contributed by atoms with Crippen molar-refractivity contribution in [2.75, 3.05) is 5.32 Å². The number of carbonyl (C=O) groups is 2. The number of carboxylic acids is 1. The fourth-order valence-corrected chi connectivity index (χ4v) is 2.31. The first-order valence-corrected chi connectivity index (χ1v) is 6.65. The van der Waals surface area contributed by atoms with Gasteiger partial charge < -0.3 is 20.8 Å². The zero-order valence-electron chi connectivity index (χ0n) is 11.0. The van der Waals surface area contributed by atoms with Gasteiger partial charge in [0.15, 0.2) is 0 Å². The lowest BCUT2D eigenvalue weighted by Crippen LogP contribution is -2.46. The molecule has 1 saturated carbocycles. The molecule has 6 heteroatoms. The van der Waals surface area contributed by atoms with Crippen LogP contribution in [0.1, 0.15) is 36.0 Å². The normalized spacial score (nSPS) is 22.1. The number of aliphatic hydroxyl groups excluding tert-OH is 1. The lowest BCUT2D eigenvalue weighted by Gasteiger charge is -2.28. The van der Waals surface area contributed by atoms with Crippen LogP contribution in [0.5, 0.6) is 0 Å². The molecule has 2 atom stereocenters. The Morgan fingerprint density at radius 3 is 2.35 bits per heavy atom. The number of hydrogen-bond donors (Lipinski definition) is 4. The summed E-state index contributed by atoms with van der Waals surface area (Å²) in [5.41, 5.74) is 0.677. The van der Waals surface area contributed by atoms with E-state index in [9.17, 15) is 14.7 Å². The van der Waals surface area contributed by atoms with E-state index < -0.39 is 12.1 Å². The van der Waals surface area contributed by atoms with Gasteiger partial charge in [-0.3, -0.25) is 0 Å². The van der Waals surface area contributed by atoms with E-state index in [1.807, 2.05) is 0 Å². The fraction of sp³-hybridized carbons (Fsp3) is 0.429. The van der Waals surface area contributed by atoms with Crippen molar-refractivity contribution in [3.63, 3.8) is 0 Å². The van der Waals surface area contributed by atoms with Gasteiger partial charge in [0, 0.05) is 5.69 Å². The molecule has 1 aliphatic rings. The molecule has 0 radical (unpaired) electrons. The summed E-state index contributed by atoms with van der Waals surface area (Å²) in [6.07, 6.45) is 2.96. The van der Waals surface area contributed by atoms with Crippen LogP contribution in [0.15, 0.2) is 24.3 Å². The predicted molar refractivity (Wildman–Crippen MR) is 73.8 cm³/mol. The van der Waals surface area contributed by atoms with E-state index in [0.717, 1.165) is 19.3 Å². The van der Waals surface area contributed by atoms with E-state index >= 15 is 0 Å². The summed E-state index contributed by atoms with van der Waals surface area (Å²) in [5, 5.41) is 23.9. The molecule has 20 heavy (non-hydrogen) atoms. The predicted octanol–water partition coefficient (Wildman–Crippen LogP) is 1.81. The number of carboxylic acid groups (broad SMARTS) is 1. The molecule has 2 rings (SSSR count). The summed E-state index contributed by atoms with van der Waals surface area (Å²) >= 11 is 0. The van der Waals surface area contributed by atoms with E-state index in [0.29, 0.717) is 12.1 Å². The second-order valence-corrected chi connectivity index (χ2v) is 4.94. The highest BCUT2D eigenvalue weighted by molar-refractivity contribution is 5.91. The number of aromatic carboxylic acids is 1. The first-order chi connectivity index (χ1) is 9.56. The van der Waals surface area contributed by atoms with Gasteiger partial charge in [0.1, 0.15) is 0 Å². The quantitative estimate of drug-likeness (QED) is 0.677. The fourth-order valence-electron chi connectivity index (χ4n) is 2.31. The molecule has 1 aromatic rings. The van der Waals surface area contributed by atoms with Gasteiger partial charge in [0.25, 0.3) is 0 Å². The molecule has 0 aliphatic heterocycles. The Hall–Kier alpha value is -2.08. The lowest BCUT2D eigenvalue weighted by atomic mass is 9.93. The average Bonchev–Trinajstić information content (AvgIpc) is 2.42. The summed E-state index contributed by atoms with van der Waals surface area (Å²) < 4.78 is 0. The number of amides is 2. The van der Waals surface area contributed by atoms with Crippen molar-refractivity contribution in [1.82, 2.24) is 5.32 Å². The Kier molecular flexibility index (Phi) is 4.57. The summed E-state index contributed by atoms with van der Waals surface area (Å²) in [4.78, 5) is 22.5. The third-order valence-corrected chi connectivity index (χ3v) is 3.44. The Bertz CT molecular complexity index is 486. The van der Waals surface area contributed by atoms with Crippen LogP contribution >= 0.6 is 0 Å². The molecular weight excluding hydrogens is 260 g/mol. The zero-order chi connectivity index (χ0) is 14.5. The van der Waals surface area contributed by atoms with Crippen LogP contribution in [0.25, 0.3) is 0 Å². The minimum atomic E-state index is -1.01. The van der Waals surface area contributed by atoms with Gasteiger partial charge in [0.2, 0.25) is 0 Å². The molecule has 2 unspecified atom stereocenters. The topological polar surface area (TPSA) is 98.7 Å². The van der Waals surface area contributed by atoms with Gasteiger partial charge in [-0.05, 0) is 37.1 Å². The molecular formula is C14H18N2O4. The molecule has 108 valence electrons. The third-order valence-electron chi connectivity index (χ3n) is 3.44. The van der Waals surface area contributed by atoms with Gasteiger partial charge >= 0.3 is 12.0 Å². The number of benzene rings is 1. The van der Waals surface area contributed by atoms with Crippen LogP contribution in [-0.2, 0) is 0 Å². The van der Waals surface area contributed by atoms with Crippen LogP contribution in [0, 0.1) is 0 Å². The van der Waals surface area contributed by atoms with Crippen LogP contribution in [0.4, 0.5) is 10.5 Å². The van der Waals surface area contributed by atoms with Gasteiger partial charge in [-0.25, -0.2) is 9.59 Å². The number of nitrogens with one attached hydrogen (secondary N) is 2. The molecule has 0 bridgehead atoms. The van der Waals surface area contributed by atoms with Gasteiger partial charge in [-0.15, -0.1) is 0 Å². The first-order valence-electron chi connectivity index (χ1n) is 6.65. The zero-order valence-corrected chi connectivity index (χ0v) is 11.0. The largest absolute Gasteiger partial charge is 0.478 e. The van der Waals surface area contributed by atoms with Crippen LogP contribution in [-0.4, -0.2) is 34.4 Å². The average molecular weight is 278 g/mol. The number of aliphatic hydroxyl groups is 1. The van der Waals surface area contributed by atoms with E-state index in [-0.39, 0.29) is 17.6 Å². The standard InChI is InChI=1S/C14H18N2O4/c17-12-4-2-1-3-11(12)16-14(20)15-10-7-5-9(6-8-10)13(18)19/h5-8,11-12,17H,1-4H2,(H,18,19)(H2,15,16,20). The number of rotatable bonds is 3. The van der Waals surface area contributed by atoms with Gasteiger partial charge in [-0.2, -0.15) is 0 Å². The molecule has 6 nitrogen and oxygen atoms in total. The van der Waals surface area contributed by atoms with Crippen LogP contribution in [0.3, 0.4) is 0 Å². The van der Waals surface area contributed by atoms with Crippen molar-refractivity contribution < 1.29 is 19.8 Å². The molecule has 0 heterocycles. The maximum atomic E-state index is 11.8. The second kappa shape index (κ2) is 6.38. The van der Waals surface area contributed by atoms with Crippen molar-refractivity contribution >= 4 is 17.7 Å². The highest BCUT2D eigenvalue weighted by atomic mass is 16.4. The number of anilines is 1. The van der Waals surface area contributed by atoms with Gasteiger partial charge in [-0.1, -0.05) is 12.8 Å². The van der Waals surface area contributed by atoms with E-state index in [1.54, 1.807) is 0 Å². The summed E-state index contributed by atoms with van der Waals surface area (Å²) in [6.45, 7) is 0. The summed E-state index contributed by atoms with van der Waals surface area (Å²) in [6, 6.07) is 5.29. The van der Waals surface area contributed by atoms with Crippen molar-refractivity contribution in [2.45, 2.75) is 37.8 Å². The Balaban J connectivity index is 1.89. The second-order valence-electron chi connectivity index (χ2n) is 4.94. The lowest BCUT2D eigenvalue weighted by molar-refractivity contribution is 0.0697. The minimum absolute atomic E-state index is 0.165. The third kappa shape index (κ3) is 3.71. The molecule has 1 aliphatic carbocycles. The number of carbonyl (C=O) groups excluding carboxylic acids is 1. The SMILES string of the molecule is O=C(Nc1ccc(C(=O)O)cc1)NC1CCCCC1O. The van der Waals surface area contributed by atoms with E-state index in [2.05, 4.69) is 10.6 Å². The van der Waals surface area contributed by atoms with Crippen molar-refractivity contribution in [3.8, 4) is 0 Å². The molecule has 0 aromatic heterocycles. The first kappa shape index (κ1) is 14.3. The Labute approximate surface area is 116 Å². The maximum absolute atomic E-state index is 11.8. The van der Waals surface area contributed by atoms with Crippen molar-refractivity contribution in [1.29, 1.82) is 0 Å². The van der Waals surface area contributed by atoms with Crippen molar-refractivity contribution in [3.05, 3.63) is 29.8 Å². The molecule has 1 aromatic carbocycles. The number of hydrogen-bond acceptors (Lipinski definition) is 3. The molecule has 1 fully saturated rings. The van der Waals surface area contributed by atoms with E-state index in [1.165, 1.54) is 24.3 Å². The monoisotopic (exact) mass is 278 g/mol. The summed E-state index contributed by atoms with van der Waals surface area (Å²) in [5.74, 6) is -1.01. The minimum Gasteiger partial charge on any atom is -0.478 e. The molecule has 4 N–H and O–H groups in total. The Morgan fingerprint density at radius 2 is 1.75 bits per heavy atom. The smallest absolute Gasteiger partial charge is 0.335 e. The highest BCUT2D eigenvalue weighted by Gasteiger charge is 2.24. The van der Waals surface area contributed by atoms with Crippen LogP contribution < -0.4 is 10.6 Å². The molecule has 2 amide bonds. The molecule has 0 saturated heterocycles. The highest BCUT2D eigenvalue weighted by Crippen LogP contribution is 2.18. The van der Waals surface area contributed by atoms with Gasteiger partial charge in [0.05, 0.1) is 17.7 Å². The molecule has 0 spiro atoms.